The van der Waals surface area contributed by atoms with Crippen LogP contribution in [0.2, 0.25) is 0 Å². The molecule has 0 radical (unpaired) electrons. The number of amides is 1. The molecule has 8 nitrogen and oxygen atoms in total. The molecule has 1 amide bonds. The molecule has 1 atom stereocenters. The Bertz CT molecular complexity index is 1260. The van der Waals surface area contributed by atoms with E-state index in [1.807, 2.05) is 56.6 Å². The van der Waals surface area contributed by atoms with Gasteiger partial charge in [-0.1, -0.05) is 42.2 Å². The lowest BCUT2D eigenvalue weighted by atomic mass is 9.94. The van der Waals surface area contributed by atoms with Crippen molar-refractivity contribution in [2.24, 2.45) is 0 Å². The van der Waals surface area contributed by atoms with Crippen molar-refractivity contribution < 1.29 is 24.3 Å². The average Bonchev–Trinajstić information content (AvgIpc) is 3.36. The molecular formula is C27H30N4O4. The highest BCUT2D eigenvalue weighted by Gasteiger charge is 2.45. The van der Waals surface area contributed by atoms with Crippen molar-refractivity contribution in [3.8, 4) is 11.4 Å². The first-order valence-electron chi connectivity index (χ1n) is 11.6. The molecule has 1 saturated heterocycles. The fourth-order valence-corrected chi connectivity index (χ4v) is 4.53. The molecule has 0 spiro atoms. The van der Waals surface area contributed by atoms with Gasteiger partial charge in [0.2, 0.25) is 5.78 Å². The summed E-state index contributed by atoms with van der Waals surface area (Å²) < 4.78 is 7.20. The third-order valence-electron chi connectivity index (χ3n) is 6.29. The molecule has 182 valence electrons. The van der Waals surface area contributed by atoms with Crippen LogP contribution in [0.15, 0.2) is 66.4 Å². The fraction of sp³-hybridized carbons (Fsp3) is 0.296. The first-order chi connectivity index (χ1) is 16.8. The lowest BCUT2D eigenvalue weighted by Crippen LogP contribution is -3.05. The molecule has 0 saturated carbocycles. The predicted octanol–water partition coefficient (Wildman–Crippen LogP) is 0.948. The van der Waals surface area contributed by atoms with E-state index in [-0.39, 0.29) is 5.57 Å². The molecule has 2 aromatic carbocycles. The number of hydrogen-bond acceptors (Lipinski definition) is 5. The lowest BCUT2D eigenvalue weighted by molar-refractivity contribution is -0.858. The molecule has 1 aliphatic heterocycles. The summed E-state index contributed by atoms with van der Waals surface area (Å²) in [5.41, 5.74) is 2.25. The topological polar surface area (TPSA) is 91.9 Å². The van der Waals surface area contributed by atoms with Crippen LogP contribution in [0, 0.1) is 6.92 Å². The summed E-state index contributed by atoms with van der Waals surface area (Å²) in [6.45, 7) is 2.96. The zero-order chi connectivity index (χ0) is 25.1. The summed E-state index contributed by atoms with van der Waals surface area (Å²) in [7, 11) is 5.60. The van der Waals surface area contributed by atoms with Crippen LogP contribution in [0.5, 0.6) is 5.75 Å². The van der Waals surface area contributed by atoms with Crippen molar-refractivity contribution in [1.29, 1.82) is 0 Å². The summed E-state index contributed by atoms with van der Waals surface area (Å²) >= 11 is 0. The van der Waals surface area contributed by atoms with Gasteiger partial charge in [0, 0.05) is 35.4 Å². The standard InChI is InChI=1S/C27H30N4O4/c1-18-21(17-28-31(18)19-11-6-5-7-12-19)25(32)23-24(20-13-8-9-14-22(20)35-4)30(27(34)26(23)33)16-10-15-29(2)3/h5-9,11-14,17,24,32H,10,15-16H2,1-4H3. The molecule has 8 heteroatoms. The van der Waals surface area contributed by atoms with E-state index in [9.17, 15) is 14.7 Å². The Morgan fingerprint density at radius 2 is 1.77 bits per heavy atom. The van der Waals surface area contributed by atoms with Gasteiger partial charge in [0.1, 0.15) is 5.75 Å². The maximum absolute atomic E-state index is 13.8. The summed E-state index contributed by atoms with van der Waals surface area (Å²) in [4.78, 5) is 29.2. The van der Waals surface area contributed by atoms with Crippen molar-refractivity contribution in [2.45, 2.75) is 19.4 Å². The molecule has 0 bridgehead atoms. The first-order valence-corrected chi connectivity index (χ1v) is 11.6. The minimum Gasteiger partial charge on any atom is -0.872 e. The normalized spacial score (nSPS) is 17.4. The van der Waals surface area contributed by atoms with E-state index in [2.05, 4.69) is 5.10 Å². The zero-order valence-corrected chi connectivity index (χ0v) is 20.4. The molecule has 1 aromatic heterocycles. The van der Waals surface area contributed by atoms with Crippen LogP contribution in [-0.2, 0) is 9.59 Å². The maximum Gasteiger partial charge on any atom is 0.295 e. The molecule has 35 heavy (non-hydrogen) atoms. The van der Waals surface area contributed by atoms with Crippen molar-refractivity contribution in [2.75, 3.05) is 34.3 Å². The molecule has 1 N–H and O–H groups in total. The van der Waals surface area contributed by atoms with Gasteiger partial charge in [-0.25, -0.2) is 4.68 Å². The van der Waals surface area contributed by atoms with E-state index in [0.717, 1.165) is 12.2 Å². The summed E-state index contributed by atoms with van der Waals surface area (Å²) in [5.74, 6) is -1.40. The Kier molecular flexibility index (Phi) is 7.02. The predicted molar refractivity (Wildman–Crippen MR) is 130 cm³/mol. The molecule has 0 aliphatic carbocycles. The van der Waals surface area contributed by atoms with E-state index in [1.165, 1.54) is 23.1 Å². The van der Waals surface area contributed by atoms with Crippen LogP contribution in [0.4, 0.5) is 0 Å². The van der Waals surface area contributed by atoms with Crippen LogP contribution in [0.1, 0.15) is 29.3 Å². The zero-order valence-electron chi connectivity index (χ0n) is 20.4. The van der Waals surface area contributed by atoms with E-state index < -0.39 is 23.5 Å². The Morgan fingerprint density at radius 3 is 2.46 bits per heavy atom. The fourth-order valence-electron chi connectivity index (χ4n) is 4.53. The minimum absolute atomic E-state index is 0.0626. The number of Topliss-reactive ketones (excluding diaryl/α,β-unsaturated/α-hetero) is 1. The van der Waals surface area contributed by atoms with E-state index >= 15 is 0 Å². The maximum atomic E-state index is 13.8. The molecule has 4 rings (SSSR count). The number of para-hydroxylation sites is 2. The lowest BCUT2D eigenvalue weighted by Gasteiger charge is -2.28. The second-order valence-corrected chi connectivity index (χ2v) is 8.92. The van der Waals surface area contributed by atoms with Crippen molar-refractivity contribution in [3.05, 3.63) is 83.2 Å². The van der Waals surface area contributed by atoms with E-state index in [0.29, 0.717) is 35.5 Å². The SMILES string of the molecule is COc1ccccc1C1C(=C([O-])c2cnn(-c3ccccc3)c2C)C(=O)C(=O)N1CCC[NH+](C)C. The van der Waals surface area contributed by atoms with Crippen LogP contribution in [-0.4, -0.2) is 60.7 Å². The number of rotatable bonds is 8. The number of benzene rings is 2. The number of ether oxygens (including phenoxy) is 1. The number of quaternary nitrogens is 1. The number of nitrogens with one attached hydrogen (secondary N) is 1. The number of likely N-dealkylation sites (tertiary alicyclic amines) is 1. The number of aromatic nitrogens is 2. The number of carbonyl (C=O) groups is 2. The largest absolute Gasteiger partial charge is 0.872 e. The van der Waals surface area contributed by atoms with Gasteiger partial charge in [0.15, 0.2) is 0 Å². The Balaban J connectivity index is 1.84. The highest BCUT2D eigenvalue weighted by Crippen LogP contribution is 2.42. The van der Waals surface area contributed by atoms with Crippen LogP contribution in [0.25, 0.3) is 11.4 Å². The number of nitrogens with zero attached hydrogens (tertiary/aromatic N) is 3. The Hall–Kier alpha value is -3.91. The summed E-state index contributed by atoms with van der Waals surface area (Å²) in [5, 5.41) is 18.2. The van der Waals surface area contributed by atoms with Gasteiger partial charge < -0.3 is 19.6 Å². The molecular weight excluding hydrogens is 444 g/mol. The third kappa shape index (κ3) is 4.57. The van der Waals surface area contributed by atoms with Crippen LogP contribution < -0.4 is 14.7 Å². The third-order valence-corrected chi connectivity index (χ3v) is 6.29. The van der Waals surface area contributed by atoms with Gasteiger partial charge in [-0.2, -0.15) is 5.10 Å². The van der Waals surface area contributed by atoms with Crippen LogP contribution >= 0.6 is 0 Å². The first kappa shape index (κ1) is 24.2. The molecule has 1 aliphatic rings. The summed E-state index contributed by atoms with van der Waals surface area (Å²) in [6.07, 6.45) is 2.16. The van der Waals surface area contributed by atoms with Crippen molar-refractivity contribution in [3.63, 3.8) is 0 Å². The van der Waals surface area contributed by atoms with Gasteiger partial charge in [-0.05, 0) is 25.1 Å². The smallest absolute Gasteiger partial charge is 0.295 e. The van der Waals surface area contributed by atoms with Gasteiger partial charge in [-0.15, -0.1) is 0 Å². The Labute approximate surface area is 205 Å². The highest BCUT2D eigenvalue weighted by atomic mass is 16.5. The molecule has 3 aromatic rings. The quantitative estimate of drug-likeness (QED) is 0.298. The summed E-state index contributed by atoms with van der Waals surface area (Å²) in [6, 6.07) is 15.8. The highest BCUT2D eigenvalue weighted by molar-refractivity contribution is 6.46. The second-order valence-electron chi connectivity index (χ2n) is 8.92. The minimum atomic E-state index is -0.824. The number of methoxy groups -OCH3 is 1. The second kappa shape index (κ2) is 10.1. The average molecular weight is 475 g/mol. The van der Waals surface area contributed by atoms with Crippen LogP contribution in [0.3, 0.4) is 0 Å². The number of ketones is 1. The molecule has 2 heterocycles. The van der Waals surface area contributed by atoms with Gasteiger partial charge in [-0.3, -0.25) is 9.59 Å². The number of carbonyl (C=O) groups excluding carboxylic acids is 2. The molecule has 1 unspecified atom stereocenters. The van der Waals surface area contributed by atoms with Crippen molar-refractivity contribution >= 4 is 17.4 Å². The monoisotopic (exact) mass is 474 g/mol. The van der Waals surface area contributed by atoms with Gasteiger partial charge >= 0.3 is 0 Å². The number of hydrogen-bond donors (Lipinski definition) is 1. The van der Waals surface area contributed by atoms with Crippen molar-refractivity contribution in [1.82, 2.24) is 14.7 Å². The Morgan fingerprint density at radius 1 is 1.09 bits per heavy atom. The van der Waals surface area contributed by atoms with Gasteiger partial charge in [0.05, 0.1) is 45.7 Å². The van der Waals surface area contributed by atoms with E-state index in [1.54, 1.807) is 23.7 Å². The van der Waals surface area contributed by atoms with E-state index in [4.69, 9.17) is 4.74 Å². The molecule has 1 fully saturated rings. The van der Waals surface area contributed by atoms with Gasteiger partial charge in [0.25, 0.3) is 5.91 Å².